The molecule has 2 rings (SSSR count). The summed E-state index contributed by atoms with van der Waals surface area (Å²) in [6, 6.07) is 19.1. The van der Waals surface area contributed by atoms with Crippen molar-refractivity contribution < 1.29 is 0 Å². The van der Waals surface area contributed by atoms with E-state index >= 15 is 0 Å². The summed E-state index contributed by atoms with van der Waals surface area (Å²) in [7, 11) is 0. The van der Waals surface area contributed by atoms with Gasteiger partial charge in [0.2, 0.25) is 0 Å². The molecular formula is C14H12ClN3. The molecule has 0 aromatic heterocycles. The summed E-state index contributed by atoms with van der Waals surface area (Å²) in [6.45, 7) is 0.601. The van der Waals surface area contributed by atoms with Crippen LogP contribution in [0.5, 0.6) is 0 Å². The molecule has 0 spiro atoms. The van der Waals surface area contributed by atoms with Crippen LogP contribution in [0.25, 0.3) is 0 Å². The summed E-state index contributed by atoms with van der Waals surface area (Å²) in [4.78, 5) is 0. The smallest absolute Gasteiger partial charge is 0.0991 e. The van der Waals surface area contributed by atoms with E-state index in [1.165, 1.54) is 4.53 Å². The van der Waals surface area contributed by atoms with Gasteiger partial charge in [-0.3, -0.25) is 0 Å². The van der Waals surface area contributed by atoms with Gasteiger partial charge in [0.1, 0.15) is 0 Å². The van der Waals surface area contributed by atoms with Crippen LogP contribution in [0.1, 0.15) is 11.1 Å². The molecule has 1 N–H and O–H groups in total. The highest BCUT2D eigenvalue weighted by molar-refractivity contribution is 6.25. The molecule has 0 aliphatic rings. The fourth-order valence-electron chi connectivity index (χ4n) is 1.51. The molecule has 3 nitrogen and oxygen atoms in total. The standard InChI is InChI=1S/C14H12ClN3/c15-18(14-4-2-1-3-5-14)17-11-13-8-6-12(10-16)7-9-13/h1-9,17H,11H2. The highest BCUT2D eigenvalue weighted by Crippen LogP contribution is 2.13. The highest BCUT2D eigenvalue weighted by Gasteiger charge is 2.01. The Morgan fingerprint density at radius 1 is 1.06 bits per heavy atom. The Hall–Kier alpha value is -2.02. The first kappa shape index (κ1) is 12.4. The molecule has 0 radical (unpaired) electrons. The lowest BCUT2D eigenvalue weighted by atomic mass is 10.1. The Morgan fingerprint density at radius 3 is 2.33 bits per heavy atom. The van der Waals surface area contributed by atoms with Crippen LogP contribution in [-0.4, -0.2) is 0 Å². The highest BCUT2D eigenvalue weighted by atomic mass is 35.5. The van der Waals surface area contributed by atoms with E-state index in [0.717, 1.165) is 11.3 Å². The van der Waals surface area contributed by atoms with E-state index < -0.39 is 0 Å². The molecule has 0 unspecified atom stereocenters. The number of nitrogens with zero attached hydrogens (tertiary/aromatic N) is 2. The van der Waals surface area contributed by atoms with Crippen LogP contribution in [0.3, 0.4) is 0 Å². The van der Waals surface area contributed by atoms with Crippen molar-refractivity contribution in [3.05, 3.63) is 65.7 Å². The molecule has 4 heteroatoms. The topological polar surface area (TPSA) is 39.1 Å². The van der Waals surface area contributed by atoms with Gasteiger partial charge in [0.05, 0.1) is 17.3 Å². The number of para-hydroxylation sites is 1. The number of hydrogen-bond acceptors (Lipinski definition) is 3. The van der Waals surface area contributed by atoms with Crippen LogP contribution in [0.2, 0.25) is 0 Å². The molecule has 2 aromatic carbocycles. The molecule has 0 atom stereocenters. The molecule has 0 saturated carbocycles. The van der Waals surface area contributed by atoms with Crippen LogP contribution < -0.4 is 9.95 Å². The predicted octanol–water partition coefficient (Wildman–Crippen LogP) is 3.22. The zero-order valence-electron chi connectivity index (χ0n) is 9.68. The number of anilines is 1. The maximum atomic E-state index is 8.70. The van der Waals surface area contributed by atoms with Crippen molar-refractivity contribution in [2.45, 2.75) is 6.54 Å². The van der Waals surface area contributed by atoms with Crippen molar-refractivity contribution in [1.82, 2.24) is 5.43 Å². The van der Waals surface area contributed by atoms with E-state index in [1.807, 2.05) is 42.5 Å². The van der Waals surface area contributed by atoms with Gasteiger partial charge in [0.15, 0.2) is 0 Å². The molecule has 18 heavy (non-hydrogen) atoms. The van der Waals surface area contributed by atoms with Gasteiger partial charge in [-0.1, -0.05) is 30.3 Å². The zero-order valence-corrected chi connectivity index (χ0v) is 10.4. The summed E-state index contributed by atoms with van der Waals surface area (Å²) < 4.78 is 1.46. The normalized spacial score (nSPS) is 9.78. The summed E-state index contributed by atoms with van der Waals surface area (Å²) >= 11 is 6.08. The van der Waals surface area contributed by atoms with E-state index in [-0.39, 0.29) is 0 Å². The van der Waals surface area contributed by atoms with Gasteiger partial charge in [0.25, 0.3) is 0 Å². The Labute approximate surface area is 111 Å². The lowest BCUT2D eigenvalue weighted by Gasteiger charge is -2.16. The van der Waals surface area contributed by atoms with E-state index in [2.05, 4.69) is 11.5 Å². The number of benzene rings is 2. The van der Waals surface area contributed by atoms with Crippen molar-refractivity contribution in [3.8, 4) is 6.07 Å². The van der Waals surface area contributed by atoms with Crippen LogP contribution in [0, 0.1) is 11.3 Å². The van der Waals surface area contributed by atoms with Crippen molar-refractivity contribution in [3.63, 3.8) is 0 Å². The third-order valence-electron chi connectivity index (χ3n) is 2.49. The molecular weight excluding hydrogens is 246 g/mol. The summed E-state index contributed by atoms with van der Waals surface area (Å²) in [5.74, 6) is 0. The predicted molar refractivity (Wildman–Crippen MR) is 72.8 cm³/mol. The summed E-state index contributed by atoms with van der Waals surface area (Å²) in [5, 5.41) is 8.70. The van der Waals surface area contributed by atoms with E-state index in [4.69, 9.17) is 17.0 Å². The van der Waals surface area contributed by atoms with Gasteiger partial charge >= 0.3 is 0 Å². The van der Waals surface area contributed by atoms with Crippen molar-refractivity contribution in [1.29, 1.82) is 5.26 Å². The average Bonchev–Trinajstić information content (AvgIpc) is 2.46. The van der Waals surface area contributed by atoms with Crippen LogP contribution in [0.15, 0.2) is 54.6 Å². The van der Waals surface area contributed by atoms with Crippen molar-refractivity contribution in [2.24, 2.45) is 0 Å². The number of nitrogens with one attached hydrogen (secondary N) is 1. The maximum absolute atomic E-state index is 8.70. The SMILES string of the molecule is N#Cc1ccc(CNN(Cl)c2ccccc2)cc1. The van der Waals surface area contributed by atoms with Crippen LogP contribution >= 0.6 is 11.8 Å². The molecule has 0 aliphatic heterocycles. The summed E-state index contributed by atoms with van der Waals surface area (Å²) in [6.07, 6.45) is 0. The van der Waals surface area contributed by atoms with Gasteiger partial charge < -0.3 is 0 Å². The lowest BCUT2D eigenvalue weighted by Crippen LogP contribution is -2.28. The molecule has 0 aliphatic carbocycles. The minimum absolute atomic E-state index is 0.601. The molecule has 0 heterocycles. The zero-order chi connectivity index (χ0) is 12.8. The fraction of sp³-hybridized carbons (Fsp3) is 0.0714. The first-order valence-corrected chi connectivity index (χ1v) is 5.87. The monoisotopic (exact) mass is 257 g/mol. The van der Waals surface area contributed by atoms with E-state index in [1.54, 1.807) is 12.1 Å². The second-order valence-electron chi connectivity index (χ2n) is 3.76. The Morgan fingerprint density at radius 2 is 1.72 bits per heavy atom. The second-order valence-corrected chi connectivity index (χ2v) is 4.10. The lowest BCUT2D eigenvalue weighted by molar-refractivity contribution is 0.741. The number of hydrazine groups is 1. The average molecular weight is 258 g/mol. The van der Waals surface area contributed by atoms with E-state index in [0.29, 0.717) is 12.1 Å². The third kappa shape index (κ3) is 3.24. The Bertz CT molecular complexity index is 531. The van der Waals surface area contributed by atoms with Crippen molar-refractivity contribution >= 4 is 17.5 Å². The second kappa shape index (κ2) is 6.06. The largest absolute Gasteiger partial charge is 0.218 e. The van der Waals surface area contributed by atoms with Crippen LogP contribution in [0.4, 0.5) is 5.69 Å². The molecule has 2 aromatic rings. The molecule has 90 valence electrons. The van der Waals surface area contributed by atoms with Crippen LogP contribution in [-0.2, 0) is 6.54 Å². The molecule has 0 fully saturated rings. The van der Waals surface area contributed by atoms with Crippen molar-refractivity contribution in [2.75, 3.05) is 4.53 Å². The summed E-state index contributed by atoms with van der Waals surface area (Å²) in [5.41, 5.74) is 5.67. The minimum Gasteiger partial charge on any atom is -0.218 e. The van der Waals surface area contributed by atoms with E-state index in [9.17, 15) is 0 Å². The number of halogens is 1. The quantitative estimate of drug-likeness (QED) is 0.675. The van der Waals surface area contributed by atoms with Gasteiger partial charge in [-0.2, -0.15) is 5.26 Å². The van der Waals surface area contributed by atoms with Gasteiger partial charge in [-0.25, -0.2) is 9.95 Å². The minimum atomic E-state index is 0.601. The first-order valence-electron chi connectivity index (χ1n) is 5.53. The third-order valence-corrected chi connectivity index (χ3v) is 2.80. The molecule has 0 amide bonds. The molecule has 0 bridgehead atoms. The number of hydrogen-bond donors (Lipinski definition) is 1. The molecule has 0 saturated heterocycles. The number of nitriles is 1. The van der Waals surface area contributed by atoms with Gasteiger partial charge in [0, 0.05) is 18.3 Å². The maximum Gasteiger partial charge on any atom is 0.0991 e. The Balaban J connectivity index is 1.93. The fourth-order valence-corrected chi connectivity index (χ4v) is 1.68. The first-order chi connectivity index (χ1) is 8.79. The van der Waals surface area contributed by atoms with Gasteiger partial charge in [-0.05, 0) is 29.8 Å². The number of rotatable bonds is 4. The van der Waals surface area contributed by atoms with Gasteiger partial charge in [-0.15, -0.1) is 0 Å². The Kier molecular flexibility index (Phi) is 4.19.